The molecule has 0 radical (unpaired) electrons. The van der Waals surface area contributed by atoms with Gasteiger partial charge in [0.05, 0.1) is 10.7 Å². The molecule has 0 unspecified atom stereocenters. The minimum Gasteiger partial charge on any atom is -0.409 e. The molecule has 2 saturated carbocycles. The standard InChI is InChI=1S/C15H20ClN3O/c16-13-7-12(15(17)18-20)5-6-14(13)19(8-10-1-2-10)9-11-3-4-11/h5-7,10-11,20H,1-4,8-9H2,(H2,17,18). The van der Waals surface area contributed by atoms with Crippen molar-refractivity contribution in [1.29, 1.82) is 0 Å². The molecule has 20 heavy (non-hydrogen) atoms. The van der Waals surface area contributed by atoms with Crippen LogP contribution in [0.1, 0.15) is 31.2 Å². The second kappa shape index (κ2) is 5.52. The molecule has 0 saturated heterocycles. The minimum absolute atomic E-state index is 0.0920. The molecule has 3 rings (SSSR count). The molecule has 0 bridgehead atoms. The number of halogens is 1. The second-order valence-electron chi connectivity index (χ2n) is 5.94. The van der Waals surface area contributed by atoms with Gasteiger partial charge in [0.1, 0.15) is 0 Å². The molecular formula is C15H20ClN3O. The predicted molar refractivity (Wildman–Crippen MR) is 81.6 cm³/mol. The van der Waals surface area contributed by atoms with Crippen LogP contribution in [-0.4, -0.2) is 24.1 Å². The molecule has 2 fully saturated rings. The molecule has 0 spiro atoms. The lowest BCUT2D eigenvalue weighted by molar-refractivity contribution is 0.318. The Hall–Kier alpha value is -1.42. The summed E-state index contributed by atoms with van der Waals surface area (Å²) < 4.78 is 0. The fraction of sp³-hybridized carbons (Fsp3) is 0.533. The average molecular weight is 294 g/mol. The highest BCUT2D eigenvalue weighted by atomic mass is 35.5. The van der Waals surface area contributed by atoms with E-state index in [1.807, 2.05) is 12.1 Å². The molecule has 2 aliphatic rings. The lowest BCUT2D eigenvalue weighted by Crippen LogP contribution is -2.28. The molecule has 0 heterocycles. The molecular weight excluding hydrogens is 274 g/mol. The number of hydrogen-bond acceptors (Lipinski definition) is 3. The maximum absolute atomic E-state index is 8.72. The van der Waals surface area contributed by atoms with Crippen LogP contribution in [0.3, 0.4) is 0 Å². The van der Waals surface area contributed by atoms with E-state index in [1.165, 1.54) is 25.7 Å². The summed E-state index contributed by atoms with van der Waals surface area (Å²) in [5.74, 6) is 1.75. The summed E-state index contributed by atoms with van der Waals surface area (Å²) in [6, 6.07) is 5.63. The molecule has 0 aromatic heterocycles. The van der Waals surface area contributed by atoms with E-state index in [0.717, 1.165) is 30.6 Å². The summed E-state index contributed by atoms with van der Waals surface area (Å²) in [5.41, 5.74) is 7.32. The Bertz CT molecular complexity index is 510. The maximum Gasteiger partial charge on any atom is 0.170 e. The van der Waals surface area contributed by atoms with E-state index in [4.69, 9.17) is 22.5 Å². The lowest BCUT2D eigenvalue weighted by Gasteiger charge is -2.26. The number of rotatable bonds is 6. The van der Waals surface area contributed by atoms with Crippen LogP contribution in [0.5, 0.6) is 0 Å². The van der Waals surface area contributed by atoms with Crippen LogP contribution in [0.15, 0.2) is 23.4 Å². The number of nitrogens with two attached hydrogens (primary N) is 1. The fourth-order valence-electron chi connectivity index (χ4n) is 2.48. The third-order valence-electron chi connectivity index (χ3n) is 4.04. The van der Waals surface area contributed by atoms with Crippen LogP contribution in [0.2, 0.25) is 5.02 Å². The zero-order valence-electron chi connectivity index (χ0n) is 11.4. The van der Waals surface area contributed by atoms with E-state index in [9.17, 15) is 0 Å². The molecule has 1 aromatic carbocycles. The Morgan fingerprint density at radius 1 is 1.25 bits per heavy atom. The second-order valence-corrected chi connectivity index (χ2v) is 6.35. The van der Waals surface area contributed by atoms with Gasteiger partial charge in [-0.3, -0.25) is 0 Å². The van der Waals surface area contributed by atoms with Crippen molar-refractivity contribution in [3.63, 3.8) is 0 Å². The normalized spacial score (nSPS) is 19.1. The van der Waals surface area contributed by atoms with Crippen molar-refractivity contribution < 1.29 is 5.21 Å². The zero-order chi connectivity index (χ0) is 14.1. The summed E-state index contributed by atoms with van der Waals surface area (Å²) in [6.07, 6.45) is 5.34. The molecule has 4 nitrogen and oxygen atoms in total. The first kappa shape index (κ1) is 13.6. The van der Waals surface area contributed by atoms with Gasteiger partial charge in [0.2, 0.25) is 0 Å². The molecule has 108 valence electrons. The van der Waals surface area contributed by atoms with Crippen molar-refractivity contribution in [2.24, 2.45) is 22.7 Å². The van der Waals surface area contributed by atoms with Gasteiger partial charge < -0.3 is 15.8 Å². The quantitative estimate of drug-likeness (QED) is 0.367. The van der Waals surface area contributed by atoms with E-state index in [0.29, 0.717) is 10.6 Å². The summed E-state index contributed by atoms with van der Waals surface area (Å²) in [4.78, 5) is 2.41. The summed E-state index contributed by atoms with van der Waals surface area (Å²) in [7, 11) is 0. The summed E-state index contributed by atoms with van der Waals surface area (Å²) in [5, 5.41) is 12.4. The monoisotopic (exact) mass is 293 g/mol. The van der Waals surface area contributed by atoms with Gasteiger partial charge >= 0.3 is 0 Å². The minimum atomic E-state index is 0.0920. The Morgan fingerprint density at radius 3 is 2.30 bits per heavy atom. The SMILES string of the molecule is NC(=NO)c1ccc(N(CC2CC2)CC2CC2)c(Cl)c1. The highest BCUT2D eigenvalue weighted by Crippen LogP contribution is 2.37. The summed E-state index contributed by atoms with van der Waals surface area (Å²) >= 11 is 6.40. The van der Waals surface area contributed by atoms with E-state index < -0.39 is 0 Å². The van der Waals surface area contributed by atoms with Gasteiger partial charge in [0.25, 0.3) is 0 Å². The number of nitrogens with zero attached hydrogens (tertiary/aromatic N) is 2. The van der Waals surface area contributed by atoms with E-state index >= 15 is 0 Å². The van der Waals surface area contributed by atoms with Gasteiger partial charge in [0, 0.05) is 18.7 Å². The lowest BCUT2D eigenvalue weighted by atomic mass is 10.1. The largest absolute Gasteiger partial charge is 0.409 e. The number of amidine groups is 1. The predicted octanol–water partition coefficient (Wildman–Crippen LogP) is 3.06. The van der Waals surface area contributed by atoms with Crippen molar-refractivity contribution in [3.05, 3.63) is 28.8 Å². The first-order valence-electron chi connectivity index (χ1n) is 7.19. The molecule has 1 aromatic rings. The number of benzene rings is 1. The number of anilines is 1. The fourth-order valence-corrected chi connectivity index (χ4v) is 2.78. The van der Waals surface area contributed by atoms with Gasteiger partial charge in [-0.15, -0.1) is 0 Å². The average Bonchev–Trinajstić information content (AvgIpc) is 3.32. The highest BCUT2D eigenvalue weighted by molar-refractivity contribution is 6.33. The number of oxime groups is 1. The third kappa shape index (κ3) is 3.18. The van der Waals surface area contributed by atoms with Crippen molar-refractivity contribution in [3.8, 4) is 0 Å². The molecule has 3 N–H and O–H groups in total. The number of hydrogen-bond donors (Lipinski definition) is 2. The maximum atomic E-state index is 8.72. The van der Waals surface area contributed by atoms with Crippen LogP contribution in [0, 0.1) is 11.8 Å². The van der Waals surface area contributed by atoms with Crippen LogP contribution < -0.4 is 10.6 Å². The molecule has 0 atom stereocenters. The van der Waals surface area contributed by atoms with Gasteiger partial charge in [-0.05, 0) is 55.7 Å². The molecule has 0 amide bonds. The smallest absolute Gasteiger partial charge is 0.170 e. The van der Waals surface area contributed by atoms with Gasteiger partial charge in [0.15, 0.2) is 5.84 Å². The zero-order valence-corrected chi connectivity index (χ0v) is 12.2. The van der Waals surface area contributed by atoms with Crippen molar-refractivity contribution in [1.82, 2.24) is 0 Å². The van der Waals surface area contributed by atoms with Crippen LogP contribution >= 0.6 is 11.6 Å². The van der Waals surface area contributed by atoms with Crippen molar-refractivity contribution in [2.75, 3.05) is 18.0 Å². The topological polar surface area (TPSA) is 61.9 Å². The third-order valence-corrected chi connectivity index (χ3v) is 4.35. The Kier molecular flexibility index (Phi) is 3.74. The molecule has 5 heteroatoms. The van der Waals surface area contributed by atoms with Crippen molar-refractivity contribution >= 4 is 23.1 Å². The van der Waals surface area contributed by atoms with E-state index in [-0.39, 0.29) is 5.84 Å². The van der Waals surface area contributed by atoms with E-state index in [2.05, 4.69) is 10.1 Å². The van der Waals surface area contributed by atoms with Crippen LogP contribution in [0.25, 0.3) is 0 Å². The highest BCUT2D eigenvalue weighted by Gasteiger charge is 2.30. The first-order chi connectivity index (χ1) is 9.67. The van der Waals surface area contributed by atoms with E-state index in [1.54, 1.807) is 6.07 Å². The van der Waals surface area contributed by atoms with Crippen LogP contribution in [0.4, 0.5) is 5.69 Å². The first-order valence-corrected chi connectivity index (χ1v) is 7.57. The van der Waals surface area contributed by atoms with Crippen LogP contribution in [-0.2, 0) is 0 Å². The Labute approximate surface area is 124 Å². The molecule has 0 aliphatic heterocycles. The molecule has 2 aliphatic carbocycles. The van der Waals surface area contributed by atoms with Gasteiger partial charge in [-0.2, -0.15) is 0 Å². The van der Waals surface area contributed by atoms with Crippen molar-refractivity contribution in [2.45, 2.75) is 25.7 Å². The Morgan fingerprint density at radius 2 is 1.85 bits per heavy atom. The van der Waals surface area contributed by atoms with Gasteiger partial charge in [-0.1, -0.05) is 16.8 Å². The van der Waals surface area contributed by atoms with Gasteiger partial charge in [-0.25, -0.2) is 0 Å². The summed E-state index contributed by atoms with van der Waals surface area (Å²) in [6.45, 7) is 2.19. The Balaban J connectivity index is 1.81.